The molecule has 0 saturated carbocycles. The summed E-state index contributed by atoms with van der Waals surface area (Å²) in [4.78, 5) is 29.3. The molecule has 8 nitrogen and oxygen atoms in total. The number of esters is 1. The van der Waals surface area contributed by atoms with Gasteiger partial charge in [-0.2, -0.15) is 0 Å². The zero-order chi connectivity index (χ0) is 23.6. The molecule has 3 heterocycles. The third-order valence-corrected chi connectivity index (χ3v) is 8.24. The van der Waals surface area contributed by atoms with Gasteiger partial charge in [0.1, 0.15) is 0 Å². The maximum atomic E-state index is 12.7. The van der Waals surface area contributed by atoms with E-state index in [0.29, 0.717) is 29.4 Å². The van der Waals surface area contributed by atoms with Crippen molar-refractivity contribution in [3.8, 4) is 0 Å². The van der Waals surface area contributed by atoms with Crippen molar-refractivity contribution in [2.24, 2.45) is 0 Å². The maximum Gasteiger partial charge on any atom is 0.358 e. The van der Waals surface area contributed by atoms with Gasteiger partial charge < -0.3 is 14.6 Å². The highest BCUT2D eigenvalue weighted by atomic mass is 32.2. The van der Waals surface area contributed by atoms with Crippen molar-refractivity contribution in [3.05, 3.63) is 70.0 Å². The monoisotopic (exact) mass is 487 g/mol. The standard InChI is InChI=1S/C23H25N3O5S2/c1-15-10-19(16(2)26(15)18-8-9-33(29,30)14-18)21(27)12-31-22(28)20-13-32-23(25-20)24-11-17-6-4-3-5-7-17/h3-7,10,13,18H,8-9,11-12,14H2,1-2H3,(H,24,25)/t18-/m1/s1. The van der Waals surface area contributed by atoms with Crippen molar-refractivity contribution >= 4 is 38.1 Å². The number of aromatic nitrogens is 2. The van der Waals surface area contributed by atoms with Gasteiger partial charge in [-0.3, -0.25) is 4.79 Å². The number of aryl methyl sites for hydroxylation is 1. The van der Waals surface area contributed by atoms with Crippen LogP contribution in [-0.2, 0) is 21.1 Å². The van der Waals surface area contributed by atoms with Gasteiger partial charge in [-0.05, 0) is 31.9 Å². The van der Waals surface area contributed by atoms with E-state index in [9.17, 15) is 18.0 Å². The number of benzene rings is 1. The minimum Gasteiger partial charge on any atom is -0.453 e. The molecule has 2 aromatic heterocycles. The highest BCUT2D eigenvalue weighted by molar-refractivity contribution is 7.91. The average molecular weight is 488 g/mol. The zero-order valence-electron chi connectivity index (χ0n) is 18.4. The molecule has 1 saturated heterocycles. The fourth-order valence-corrected chi connectivity index (χ4v) is 6.48. The fourth-order valence-electron chi connectivity index (χ4n) is 4.11. The summed E-state index contributed by atoms with van der Waals surface area (Å²) in [5.74, 6) is -0.758. The molecule has 4 rings (SSSR count). The van der Waals surface area contributed by atoms with Crippen LogP contribution < -0.4 is 5.32 Å². The van der Waals surface area contributed by atoms with Crippen LogP contribution in [0.1, 0.15) is 50.3 Å². The number of Topliss-reactive ketones (excluding diaryl/α,β-unsaturated/α-hetero) is 1. The van der Waals surface area contributed by atoms with Crippen molar-refractivity contribution < 1.29 is 22.7 Å². The van der Waals surface area contributed by atoms with Crippen molar-refractivity contribution in [1.29, 1.82) is 0 Å². The minimum absolute atomic E-state index is 0.0798. The van der Waals surface area contributed by atoms with E-state index in [1.807, 2.05) is 41.8 Å². The Kier molecular flexibility index (Phi) is 6.66. The molecule has 0 bridgehead atoms. The Bertz CT molecular complexity index is 1280. The maximum absolute atomic E-state index is 12.7. The first-order valence-electron chi connectivity index (χ1n) is 10.6. The molecule has 33 heavy (non-hydrogen) atoms. The number of hydrogen-bond acceptors (Lipinski definition) is 8. The number of nitrogens with one attached hydrogen (secondary N) is 1. The smallest absolute Gasteiger partial charge is 0.358 e. The van der Waals surface area contributed by atoms with Crippen LogP contribution in [0.2, 0.25) is 0 Å². The highest BCUT2D eigenvalue weighted by Gasteiger charge is 2.31. The number of thiazole rings is 1. The Labute approximate surface area is 196 Å². The first-order valence-corrected chi connectivity index (χ1v) is 13.3. The molecule has 0 spiro atoms. The minimum atomic E-state index is -3.04. The molecule has 0 amide bonds. The molecule has 1 aliphatic heterocycles. The SMILES string of the molecule is Cc1cc(C(=O)COC(=O)c2csc(NCc3ccccc3)n2)c(C)n1[C@@H]1CCS(=O)(=O)C1. The molecule has 1 fully saturated rings. The van der Waals surface area contributed by atoms with E-state index in [1.165, 1.54) is 11.3 Å². The summed E-state index contributed by atoms with van der Waals surface area (Å²) in [7, 11) is -3.04. The van der Waals surface area contributed by atoms with Gasteiger partial charge >= 0.3 is 5.97 Å². The normalized spacial score (nSPS) is 17.1. The molecule has 3 aromatic rings. The third kappa shape index (κ3) is 5.33. The van der Waals surface area contributed by atoms with Crippen LogP contribution in [0.3, 0.4) is 0 Å². The second-order valence-electron chi connectivity index (χ2n) is 8.09. The Hall–Kier alpha value is -2.98. The van der Waals surface area contributed by atoms with Crippen molar-refractivity contribution in [2.45, 2.75) is 32.9 Å². The number of nitrogens with zero attached hydrogens (tertiary/aromatic N) is 2. The Morgan fingerprint density at radius 1 is 1.24 bits per heavy atom. The summed E-state index contributed by atoms with van der Waals surface area (Å²) in [6.07, 6.45) is 0.534. The summed E-state index contributed by atoms with van der Waals surface area (Å²) in [6, 6.07) is 11.4. The number of rotatable bonds is 8. The third-order valence-electron chi connectivity index (χ3n) is 5.69. The summed E-state index contributed by atoms with van der Waals surface area (Å²) in [6.45, 7) is 3.81. The van der Waals surface area contributed by atoms with Crippen LogP contribution in [0.25, 0.3) is 0 Å². The number of ketones is 1. The lowest BCUT2D eigenvalue weighted by Gasteiger charge is -2.16. The molecule has 1 N–H and O–H groups in total. The number of anilines is 1. The second kappa shape index (κ2) is 9.48. The lowest BCUT2D eigenvalue weighted by molar-refractivity contribution is 0.0469. The molecule has 0 radical (unpaired) electrons. The number of ether oxygens (including phenoxy) is 1. The van der Waals surface area contributed by atoms with Crippen LogP contribution in [0.5, 0.6) is 0 Å². The lowest BCUT2D eigenvalue weighted by atomic mass is 10.1. The van der Waals surface area contributed by atoms with Crippen LogP contribution in [0.15, 0.2) is 41.8 Å². The highest BCUT2D eigenvalue weighted by Crippen LogP contribution is 2.29. The summed E-state index contributed by atoms with van der Waals surface area (Å²) in [5.41, 5.74) is 3.18. The number of sulfone groups is 1. The Balaban J connectivity index is 1.35. The van der Waals surface area contributed by atoms with Gasteiger partial charge in [0.05, 0.1) is 11.5 Å². The molecule has 174 valence electrons. The average Bonchev–Trinajstić information content (AvgIpc) is 3.48. The summed E-state index contributed by atoms with van der Waals surface area (Å²) >= 11 is 1.29. The van der Waals surface area contributed by atoms with Gasteiger partial charge in [0.2, 0.25) is 5.78 Å². The van der Waals surface area contributed by atoms with Gasteiger partial charge in [0, 0.05) is 34.9 Å². The zero-order valence-corrected chi connectivity index (χ0v) is 20.0. The van der Waals surface area contributed by atoms with Crippen molar-refractivity contribution in [1.82, 2.24) is 9.55 Å². The van der Waals surface area contributed by atoms with Gasteiger partial charge in [-0.15, -0.1) is 11.3 Å². The van der Waals surface area contributed by atoms with E-state index in [4.69, 9.17) is 4.74 Å². The van der Waals surface area contributed by atoms with Crippen molar-refractivity contribution in [3.63, 3.8) is 0 Å². The van der Waals surface area contributed by atoms with Gasteiger partial charge in [0.25, 0.3) is 0 Å². The first-order chi connectivity index (χ1) is 15.7. The lowest BCUT2D eigenvalue weighted by Crippen LogP contribution is -2.17. The Morgan fingerprint density at radius 3 is 2.70 bits per heavy atom. The van der Waals surface area contributed by atoms with Crippen molar-refractivity contribution in [2.75, 3.05) is 23.4 Å². The number of carbonyl (C=O) groups excluding carboxylic acids is 2. The molecule has 1 atom stereocenters. The van der Waals surface area contributed by atoms with Gasteiger partial charge in [0.15, 0.2) is 27.3 Å². The quantitative estimate of drug-likeness (QED) is 0.382. The molecule has 0 aliphatic carbocycles. The summed E-state index contributed by atoms with van der Waals surface area (Å²) in [5, 5.41) is 5.34. The van der Waals surface area contributed by atoms with E-state index in [-0.39, 0.29) is 29.0 Å². The molecular weight excluding hydrogens is 462 g/mol. The van der Waals surface area contributed by atoms with Crippen LogP contribution in [0, 0.1) is 13.8 Å². The first kappa shape index (κ1) is 23.2. The Morgan fingerprint density at radius 2 is 2.00 bits per heavy atom. The van der Waals surface area contributed by atoms with Gasteiger partial charge in [-0.25, -0.2) is 18.2 Å². The fraction of sp³-hybridized carbons (Fsp3) is 0.348. The molecule has 1 aliphatic rings. The van der Waals surface area contributed by atoms with E-state index in [2.05, 4.69) is 10.3 Å². The number of carbonyl (C=O) groups is 2. The van der Waals surface area contributed by atoms with E-state index < -0.39 is 22.4 Å². The van der Waals surface area contributed by atoms with Crippen LogP contribution in [-0.4, -0.2) is 47.8 Å². The topological polar surface area (TPSA) is 107 Å². The molecule has 1 aromatic carbocycles. The predicted molar refractivity (Wildman–Crippen MR) is 127 cm³/mol. The molecular formula is C23H25N3O5S2. The largest absolute Gasteiger partial charge is 0.453 e. The number of hydrogen-bond donors (Lipinski definition) is 1. The van der Waals surface area contributed by atoms with Crippen LogP contribution in [0.4, 0.5) is 5.13 Å². The van der Waals surface area contributed by atoms with E-state index >= 15 is 0 Å². The molecule has 0 unspecified atom stereocenters. The molecule has 10 heteroatoms. The summed E-state index contributed by atoms with van der Waals surface area (Å²) < 4.78 is 30.8. The predicted octanol–water partition coefficient (Wildman–Crippen LogP) is 3.57. The second-order valence-corrected chi connectivity index (χ2v) is 11.2. The van der Waals surface area contributed by atoms with Crippen LogP contribution >= 0.6 is 11.3 Å². The van der Waals surface area contributed by atoms with E-state index in [1.54, 1.807) is 18.4 Å². The van der Waals surface area contributed by atoms with E-state index in [0.717, 1.165) is 11.3 Å². The van der Waals surface area contributed by atoms with Gasteiger partial charge in [-0.1, -0.05) is 30.3 Å².